The Balaban J connectivity index is 0.00000106. The predicted molar refractivity (Wildman–Crippen MR) is 69.5 cm³/mol. The van der Waals surface area contributed by atoms with Crippen molar-refractivity contribution in [3.63, 3.8) is 0 Å². The van der Waals surface area contributed by atoms with Crippen LogP contribution in [0.25, 0.3) is 0 Å². The van der Waals surface area contributed by atoms with Crippen molar-refractivity contribution in [3.05, 3.63) is 0 Å². The van der Waals surface area contributed by atoms with E-state index < -0.39 is 0 Å². The zero-order valence-electron chi connectivity index (χ0n) is 11.6. The normalized spacial score (nSPS) is 17.0. The van der Waals surface area contributed by atoms with Gasteiger partial charge in [-0.3, -0.25) is 9.69 Å². The highest BCUT2D eigenvalue weighted by atomic mass is 16.2. The second-order valence-corrected chi connectivity index (χ2v) is 4.01. The molecule has 0 N–H and O–H groups in total. The number of carbonyl (C=O) groups excluding carboxylic acids is 1. The summed E-state index contributed by atoms with van der Waals surface area (Å²) in [5, 5.41) is 0. The molecule has 16 heavy (non-hydrogen) atoms. The zero-order chi connectivity index (χ0) is 12.6. The monoisotopic (exact) mass is 228 g/mol. The topological polar surface area (TPSA) is 23.6 Å². The third-order valence-electron chi connectivity index (χ3n) is 3.22. The van der Waals surface area contributed by atoms with E-state index in [9.17, 15) is 4.79 Å². The van der Waals surface area contributed by atoms with Gasteiger partial charge in [-0.1, -0.05) is 27.7 Å². The molecule has 0 aromatic carbocycles. The van der Waals surface area contributed by atoms with Crippen LogP contribution in [0.1, 0.15) is 47.5 Å². The Labute approximate surface area is 101 Å². The number of hydrogen-bond acceptors (Lipinski definition) is 2. The SMILES string of the molecule is CC.CCC(CC)N1CCN(C(C)=O)CC1. The standard InChI is InChI=1S/C11H22N2O.C2H6/c1-4-11(5-2)13-8-6-12(7-9-13)10(3)14;1-2/h11H,4-9H2,1-3H3;1-2H3. The molecule has 0 bridgehead atoms. The molecule has 1 rings (SSSR count). The van der Waals surface area contributed by atoms with Crippen LogP contribution in [0.2, 0.25) is 0 Å². The summed E-state index contributed by atoms with van der Waals surface area (Å²) in [4.78, 5) is 15.6. The Kier molecular flexibility index (Phi) is 8.26. The molecule has 1 aliphatic heterocycles. The van der Waals surface area contributed by atoms with Crippen molar-refractivity contribution in [2.45, 2.75) is 53.5 Å². The number of piperazine rings is 1. The molecule has 1 fully saturated rings. The third kappa shape index (κ3) is 4.52. The van der Waals surface area contributed by atoms with Crippen LogP contribution in [0.15, 0.2) is 0 Å². The number of nitrogens with zero attached hydrogens (tertiary/aromatic N) is 2. The summed E-state index contributed by atoms with van der Waals surface area (Å²) >= 11 is 0. The Bertz CT molecular complexity index is 182. The quantitative estimate of drug-likeness (QED) is 0.740. The lowest BCUT2D eigenvalue weighted by Crippen LogP contribution is -2.51. The fraction of sp³-hybridized carbons (Fsp3) is 0.923. The van der Waals surface area contributed by atoms with Gasteiger partial charge in [0.1, 0.15) is 0 Å². The molecule has 0 unspecified atom stereocenters. The maximum Gasteiger partial charge on any atom is 0.219 e. The van der Waals surface area contributed by atoms with Crippen LogP contribution in [-0.4, -0.2) is 47.9 Å². The molecule has 0 saturated carbocycles. The molecule has 3 nitrogen and oxygen atoms in total. The second-order valence-electron chi connectivity index (χ2n) is 4.01. The molecule has 1 aliphatic rings. The van der Waals surface area contributed by atoms with Gasteiger partial charge in [-0.25, -0.2) is 0 Å². The van der Waals surface area contributed by atoms with E-state index in [1.54, 1.807) is 6.92 Å². The Morgan fingerprint density at radius 1 is 1.06 bits per heavy atom. The van der Waals surface area contributed by atoms with Crippen LogP contribution < -0.4 is 0 Å². The van der Waals surface area contributed by atoms with E-state index in [2.05, 4.69) is 18.7 Å². The first kappa shape index (κ1) is 15.4. The number of rotatable bonds is 3. The number of carbonyl (C=O) groups is 1. The molecule has 0 spiro atoms. The molecule has 1 saturated heterocycles. The maximum absolute atomic E-state index is 11.1. The van der Waals surface area contributed by atoms with Gasteiger partial charge in [0, 0.05) is 39.1 Å². The fourth-order valence-electron chi connectivity index (χ4n) is 2.21. The van der Waals surface area contributed by atoms with Crippen molar-refractivity contribution in [2.24, 2.45) is 0 Å². The van der Waals surface area contributed by atoms with E-state index in [1.807, 2.05) is 18.7 Å². The summed E-state index contributed by atoms with van der Waals surface area (Å²) in [5.41, 5.74) is 0. The third-order valence-corrected chi connectivity index (χ3v) is 3.22. The highest BCUT2D eigenvalue weighted by molar-refractivity contribution is 5.73. The van der Waals surface area contributed by atoms with E-state index in [0.29, 0.717) is 6.04 Å². The van der Waals surface area contributed by atoms with Crippen molar-refractivity contribution < 1.29 is 4.79 Å². The van der Waals surface area contributed by atoms with Crippen molar-refractivity contribution in [3.8, 4) is 0 Å². The van der Waals surface area contributed by atoms with E-state index in [-0.39, 0.29) is 5.91 Å². The van der Waals surface area contributed by atoms with E-state index in [4.69, 9.17) is 0 Å². The van der Waals surface area contributed by atoms with Crippen LogP contribution in [0.4, 0.5) is 0 Å². The van der Waals surface area contributed by atoms with Crippen LogP contribution >= 0.6 is 0 Å². The van der Waals surface area contributed by atoms with Gasteiger partial charge >= 0.3 is 0 Å². The molecular weight excluding hydrogens is 200 g/mol. The minimum atomic E-state index is 0.217. The lowest BCUT2D eigenvalue weighted by molar-refractivity contribution is -0.130. The molecule has 1 amide bonds. The number of hydrogen-bond donors (Lipinski definition) is 0. The smallest absolute Gasteiger partial charge is 0.219 e. The van der Waals surface area contributed by atoms with Gasteiger partial charge in [-0.15, -0.1) is 0 Å². The summed E-state index contributed by atoms with van der Waals surface area (Å²) in [6, 6.07) is 0.712. The lowest BCUT2D eigenvalue weighted by atomic mass is 10.1. The summed E-state index contributed by atoms with van der Waals surface area (Å²) in [6.45, 7) is 14.1. The van der Waals surface area contributed by atoms with Gasteiger partial charge in [-0.05, 0) is 12.8 Å². The van der Waals surface area contributed by atoms with E-state index in [1.165, 1.54) is 12.8 Å². The fourth-order valence-corrected chi connectivity index (χ4v) is 2.21. The second kappa shape index (κ2) is 8.57. The molecule has 0 radical (unpaired) electrons. The molecule has 0 atom stereocenters. The molecule has 3 heteroatoms. The predicted octanol–water partition coefficient (Wildman–Crippen LogP) is 2.37. The van der Waals surface area contributed by atoms with Crippen molar-refractivity contribution in [2.75, 3.05) is 26.2 Å². The Morgan fingerprint density at radius 3 is 1.81 bits per heavy atom. The van der Waals surface area contributed by atoms with Gasteiger partial charge in [0.15, 0.2) is 0 Å². The Hall–Kier alpha value is -0.570. The minimum Gasteiger partial charge on any atom is -0.340 e. The first-order valence-electron chi connectivity index (χ1n) is 6.68. The average molecular weight is 228 g/mol. The molecule has 0 aliphatic carbocycles. The van der Waals surface area contributed by atoms with Gasteiger partial charge in [-0.2, -0.15) is 0 Å². The summed E-state index contributed by atoms with van der Waals surface area (Å²) in [7, 11) is 0. The molecule has 0 aromatic rings. The number of amides is 1. The highest BCUT2D eigenvalue weighted by Crippen LogP contribution is 2.11. The summed E-state index contributed by atoms with van der Waals surface area (Å²) < 4.78 is 0. The van der Waals surface area contributed by atoms with Gasteiger partial charge in [0.25, 0.3) is 0 Å². The van der Waals surface area contributed by atoms with Crippen molar-refractivity contribution >= 4 is 5.91 Å². The Morgan fingerprint density at radius 2 is 1.50 bits per heavy atom. The van der Waals surface area contributed by atoms with Gasteiger partial charge < -0.3 is 4.90 Å². The molecular formula is C13H28N2O. The molecule has 1 heterocycles. The van der Waals surface area contributed by atoms with E-state index >= 15 is 0 Å². The van der Waals surface area contributed by atoms with Crippen LogP contribution in [0.3, 0.4) is 0 Å². The summed E-state index contributed by atoms with van der Waals surface area (Å²) in [5.74, 6) is 0.217. The average Bonchev–Trinajstić information content (AvgIpc) is 2.34. The van der Waals surface area contributed by atoms with Crippen LogP contribution in [-0.2, 0) is 4.79 Å². The highest BCUT2D eigenvalue weighted by Gasteiger charge is 2.22. The zero-order valence-corrected chi connectivity index (χ0v) is 11.6. The van der Waals surface area contributed by atoms with Crippen LogP contribution in [0, 0.1) is 0 Å². The van der Waals surface area contributed by atoms with Gasteiger partial charge in [0.05, 0.1) is 0 Å². The first-order chi connectivity index (χ1) is 7.69. The largest absolute Gasteiger partial charge is 0.340 e. The van der Waals surface area contributed by atoms with Crippen molar-refractivity contribution in [1.29, 1.82) is 0 Å². The minimum absolute atomic E-state index is 0.217. The molecule has 96 valence electrons. The van der Waals surface area contributed by atoms with Gasteiger partial charge in [0.2, 0.25) is 5.91 Å². The first-order valence-corrected chi connectivity index (χ1v) is 6.68. The van der Waals surface area contributed by atoms with Crippen LogP contribution in [0.5, 0.6) is 0 Å². The maximum atomic E-state index is 11.1. The van der Waals surface area contributed by atoms with Crippen molar-refractivity contribution in [1.82, 2.24) is 9.80 Å². The summed E-state index contributed by atoms with van der Waals surface area (Å²) in [6.07, 6.45) is 2.44. The lowest BCUT2D eigenvalue weighted by Gasteiger charge is -2.38. The van der Waals surface area contributed by atoms with E-state index in [0.717, 1.165) is 26.2 Å². The molecule has 0 aromatic heterocycles.